The molecule has 0 aliphatic carbocycles. The number of aromatic hydroxyl groups is 1. The first-order valence-corrected chi connectivity index (χ1v) is 5.31. The van der Waals surface area contributed by atoms with Crippen molar-refractivity contribution in [2.45, 2.75) is 0 Å². The minimum absolute atomic E-state index is 0.0739. The van der Waals surface area contributed by atoms with Gasteiger partial charge in [0.2, 0.25) is 5.75 Å². The molecular formula is C11H8N4O5. The van der Waals surface area contributed by atoms with Gasteiger partial charge in [0.1, 0.15) is 5.69 Å². The monoisotopic (exact) mass is 276 g/mol. The van der Waals surface area contributed by atoms with Crippen LogP contribution in [0.15, 0.2) is 39.0 Å². The van der Waals surface area contributed by atoms with Gasteiger partial charge in [0, 0.05) is 24.0 Å². The summed E-state index contributed by atoms with van der Waals surface area (Å²) in [4.78, 5) is 40.0. The lowest BCUT2D eigenvalue weighted by atomic mass is 10.2. The molecule has 102 valence electrons. The minimum atomic E-state index is -0.737. The van der Waals surface area contributed by atoms with Crippen molar-refractivity contribution in [3.63, 3.8) is 0 Å². The smallest absolute Gasteiger partial charge is 0.325 e. The molecule has 0 saturated carbocycles. The third-order valence-corrected chi connectivity index (χ3v) is 2.39. The molecule has 0 spiro atoms. The average molecular weight is 276 g/mol. The number of H-pyrrole nitrogens is 2. The fourth-order valence-corrected chi connectivity index (χ4v) is 1.44. The number of hydrogen-bond acceptors (Lipinski definition) is 6. The molecule has 2 aromatic rings. The SMILES string of the molecule is O=c1[nH]cc(N=Cc2cccc([N+](=O)[O-])c2O)c(=O)[nH]1. The van der Waals surface area contributed by atoms with Gasteiger partial charge in [0.25, 0.3) is 5.56 Å². The van der Waals surface area contributed by atoms with Crippen molar-refractivity contribution in [1.29, 1.82) is 0 Å². The Morgan fingerprint density at radius 3 is 2.75 bits per heavy atom. The number of aromatic amines is 2. The highest BCUT2D eigenvalue weighted by molar-refractivity contribution is 5.87. The Morgan fingerprint density at radius 2 is 2.10 bits per heavy atom. The number of nitro benzene ring substituents is 1. The largest absolute Gasteiger partial charge is 0.502 e. The van der Waals surface area contributed by atoms with E-state index in [1.54, 1.807) is 0 Å². The number of rotatable bonds is 3. The molecule has 2 rings (SSSR count). The molecule has 0 saturated heterocycles. The maximum Gasteiger partial charge on any atom is 0.325 e. The lowest BCUT2D eigenvalue weighted by molar-refractivity contribution is -0.385. The number of phenols is 1. The first kappa shape index (κ1) is 13.2. The third-order valence-electron chi connectivity index (χ3n) is 2.39. The van der Waals surface area contributed by atoms with Crippen LogP contribution in [0.4, 0.5) is 11.4 Å². The first-order valence-electron chi connectivity index (χ1n) is 5.31. The summed E-state index contributed by atoms with van der Waals surface area (Å²) in [5.41, 5.74) is -1.88. The predicted molar refractivity (Wildman–Crippen MR) is 69.7 cm³/mol. The number of nitrogens with zero attached hydrogens (tertiary/aromatic N) is 2. The lowest BCUT2D eigenvalue weighted by Gasteiger charge is -1.99. The quantitative estimate of drug-likeness (QED) is 0.423. The molecule has 0 amide bonds. The number of nitro groups is 1. The van der Waals surface area contributed by atoms with Crippen LogP contribution < -0.4 is 11.2 Å². The lowest BCUT2D eigenvalue weighted by Crippen LogP contribution is -2.20. The van der Waals surface area contributed by atoms with E-state index in [2.05, 4.69) is 9.98 Å². The molecule has 1 aromatic heterocycles. The molecular weight excluding hydrogens is 268 g/mol. The number of nitrogens with one attached hydrogen (secondary N) is 2. The van der Waals surface area contributed by atoms with Crippen LogP contribution in [0.3, 0.4) is 0 Å². The zero-order valence-corrected chi connectivity index (χ0v) is 9.86. The van der Waals surface area contributed by atoms with Crippen LogP contribution in [0, 0.1) is 10.1 Å². The molecule has 0 radical (unpaired) electrons. The Morgan fingerprint density at radius 1 is 1.35 bits per heavy atom. The van der Waals surface area contributed by atoms with Crippen LogP contribution in [0.1, 0.15) is 5.56 Å². The minimum Gasteiger partial charge on any atom is -0.502 e. The van der Waals surface area contributed by atoms with Crippen molar-refractivity contribution in [2.24, 2.45) is 4.99 Å². The Labute approximate surface area is 110 Å². The maximum atomic E-state index is 11.4. The van der Waals surface area contributed by atoms with Crippen molar-refractivity contribution in [3.05, 3.63) is 60.9 Å². The van der Waals surface area contributed by atoms with E-state index in [1.165, 1.54) is 12.1 Å². The molecule has 0 fully saturated rings. The second-order valence-electron chi connectivity index (χ2n) is 3.69. The molecule has 0 atom stereocenters. The number of phenolic OH excluding ortho intramolecular Hbond substituents is 1. The second-order valence-corrected chi connectivity index (χ2v) is 3.69. The van der Waals surface area contributed by atoms with E-state index in [4.69, 9.17) is 0 Å². The molecule has 9 nitrogen and oxygen atoms in total. The van der Waals surface area contributed by atoms with E-state index >= 15 is 0 Å². The van der Waals surface area contributed by atoms with E-state index in [0.717, 1.165) is 18.5 Å². The first-order chi connectivity index (χ1) is 9.49. The summed E-state index contributed by atoms with van der Waals surface area (Å²) in [7, 11) is 0. The number of aliphatic imine (C=N–C) groups is 1. The Hall–Kier alpha value is -3.23. The molecule has 0 bridgehead atoms. The van der Waals surface area contributed by atoms with Crippen LogP contribution >= 0.6 is 0 Å². The summed E-state index contributed by atoms with van der Waals surface area (Å²) in [5.74, 6) is -0.554. The van der Waals surface area contributed by atoms with Gasteiger partial charge in [0.15, 0.2) is 0 Å². The Kier molecular flexibility index (Phi) is 3.42. The molecule has 0 aliphatic heterocycles. The third kappa shape index (κ3) is 2.61. The highest BCUT2D eigenvalue weighted by Crippen LogP contribution is 2.28. The van der Waals surface area contributed by atoms with Crippen LogP contribution in [0.5, 0.6) is 5.75 Å². The number of benzene rings is 1. The molecule has 0 unspecified atom stereocenters. The number of aromatic nitrogens is 2. The van der Waals surface area contributed by atoms with Crippen molar-refractivity contribution in [3.8, 4) is 5.75 Å². The topological polar surface area (TPSA) is 141 Å². The van der Waals surface area contributed by atoms with Crippen LogP contribution in [0.2, 0.25) is 0 Å². The normalized spacial score (nSPS) is 10.8. The van der Waals surface area contributed by atoms with Crippen LogP contribution in [-0.2, 0) is 0 Å². The molecule has 1 aromatic carbocycles. The maximum absolute atomic E-state index is 11.4. The van der Waals surface area contributed by atoms with Gasteiger partial charge in [-0.15, -0.1) is 0 Å². The van der Waals surface area contributed by atoms with Gasteiger partial charge >= 0.3 is 11.4 Å². The Balaban J connectivity index is 2.42. The standard InChI is InChI=1S/C11H8N4O5/c16-9-6(2-1-3-8(9)15(19)20)4-12-7-5-13-11(18)14-10(7)17/h1-5,16H,(H2,13,14,17,18). The molecule has 0 aliphatic rings. The molecule has 3 N–H and O–H groups in total. The van der Waals surface area contributed by atoms with E-state index in [-0.39, 0.29) is 11.3 Å². The number of hydrogen-bond donors (Lipinski definition) is 3. The fourth-order valence-electron chi connectivity index (χ4n) is 1.44. The molecule has 20 heavy (non-hydrogen) atoms. The van der Waals surface area contributed by atoms with E-state index in [9.17, 15) is 24.8 Å². The highest BCUT2D eigenvalue weighted by Gasteiger charge is 2.15. The van der Waals surface area contributed by atoms with Crippen LogP contribution in [0.25, 0.3) is 0 Å². The summed E-state index contributed by atoms with van der Waals surface area (Å²) < 4.78 is 0. The van der Waals surface area contributed by atoms with Crippen LogP contribution in [-0.4, -0.2) is 26.2 Å². The zero-order chi connectivity index (χ0) is 14.7. The zero-order valence-electron chi connectivity index (χ0n) is 9.86. The summed E-state index contributed by atoms with van der Waals surface area (Å²) >= 11 is 0. The fraction of sp³-hybridized carbons (Fsp3) is 0. The van der Waals surface area contributed by atoms with E-state index < -0.39 is 27.6 Å². The van der Waals surface area contributed by atoms with Crippen molar-refractivity contribution in [1.82, 2.24) is 9.97 Å². The second kappa shape index (κ2) is 5.18. The van der Waals surface area contributed by atoms with Gasteiger partial charge in [0.05, 0.1) is 4.92 Å². The average Bonchev–Trinajstić information content (AvgIpc) is 2.39. The van der Waals surface area contributed by atoms with Crippen molar-refractivity contribution in [2.75, 3.05) is 0 Å². The van der Waals surface area contributed by atoms with Gasteiger partial charge in [-0.25, -0.2) is 9.79 Å². The predicted octanol–water partition coefficient (Wildman–Crippen LogP) is 0.428. The molecule has 9 heteroatoms. The number of para-hydroxylation sites is 1. The summed E-state index contributed by atoms with van der Waals surface area (Å²) in [5, 5.41) is 20.3. The molecule has 1 heterocycles. The highest BCUT2D eigenvalue weighted by atomic mass is 16.6. The van der Waals surface area contributed by atoms with Gasteiger partial charge < -0.3 is 10.1 Å². The van der Waals surface area contributed by atoms with E-state index in [1.807, 2.05) is 4.98 Å². The summed E-state index contributed by atoms with van der Waals surface area (Å²) in [6, 6.07) is 3.90. The Bertz CT molecular complexity index is 805. The van der Waals surface area contributed by atoms with Crippen molar-refractivity contribution < 1.29 is 10.0 Å². The van der Waals surface area contributed by atoms with Gasteiger partial charge in [-0.1, -0.05) is 6.07 Å². The van der Waals surface area contributed by atoms with Gasteiger partial charge in [-0.2, -0.15) is 0 Å². The summed E-state index contributed by atoms with van der Waals surface area (Å²) in [6.07, 6.45) is 2.18. The van der Waals surface area contributed by atoms with Gasteiger partial charge in [-0.3, -0.25) is 19.9 Å². The van der Waals surface area contributed by atoms with Crippen molar-refractivity contribution >= 4 is 17.6 Å². The van der Waals surface area contributed by atoms with E-state index in [0.29, 0.717) is 0 Å². The van der Waals surface area contributed by atoms with Gasteiger partial charge in [-0.05, 0) is 6.07 Å². The summed E-state index contributed by atoms with van der Waals surface area (Å²) in [6.45, 7) is 0.